The number of aromatic nitrogens is 2. The number of nitrogens with zero attached hydrogens (tertiary/aromatic N) is 2. The molecular formula is C11H19ClN4S. The summed E-state index contributed by atoms with van der Waals surface area (Å²) >= 11 is 1.65. The molecule has 0 amide bonds. The van der Waals surface area contributed by atoms with Gasteiger partial charge in [-0.15, -0.1) is 24.2 Å². The largest absolute Gasteiger partial charge is 0.315 e. The number of thioether (sulfide) groups is 1. The van der Waals surface area contributed by atoms with Crippen molar-refractivity contribution in [2.75, 3.05) is 19.3 Å². The number of nitrogens with one attached hydrogen (secondary N) is 2. The lowest BCUT2D eigenvalue weighted by Crippen LogP contribution is -2.42. The van der Waals surface area contributed by atoms with Crippen LogP contribution in [0.2, 0.25) is 0 Å². The summed E-state index contributed by atoms with van der Waals surface area (Å²) in [6.45, 7) is 3.03. The number of halogens is 1. The second kappa shape index (κ2) is 7.87. The van der Waals surface area contributed by atoms with E-state index in [1.807, 2.05) is 6.26 Å². The Morgan fingerprint density at radius 2 is 2.29 bits per heavy atom. The quantitative estimate of drug-likeness (QED) is 0.815. The molecular weight excluding hydrogens is 256 g/mol. The highest BCUT2D eigenvalue weighted by molar-refractivity contribution is 7.98. The van der Waals surface area contributed by atoms with Crippen LogP contribution in [0, 0.1) is 0 Å². The van der Waals surface area contributed by atoms with E-state index in [-0.39, 0.29) is 12.4 Å². The van der Waals surface area contributed by atoms with Gasteiger partial charge in [0.15, 0.2) is 0 Å². The highest BCUT2D eigenvalue weighted by Crippen LogP contribution is 2.14. The van der Waals surface area contributed by atoms with Crippen molar-refractivity contribution < 1.29 is 0 Å². The number of hydrogen-bond donors (Lipinski definition) is 2. The van der Waals surface area contributed by atoms with E-state index in [9.17, 15) is 0 Å². The van der Waals surface area contributed by atoms with Crippen molar-refractivity contribution in [3.8, 4) is 0 Å². The second-order valence-corrected chi connectivity index (χ2v) is 4.73. The van der Waals surface area contributed by atoms with E-state index < -0.39 is 0 Å². The molecule has 1 fully saturated rings. The highest BCUT2D eigenvalue weighted by atomic mass is 35.5. The molecule has 0 saturated carbocycles. The first-order valence-corrected chi connectivity index (χ1v) is 6.90. The fourth-order valence-corrected chi connectivity index (χ4v) is 2.44. The maximum absolute atomic E-state index is 4.37. The molecule has 4 nitrogen and oxygen atoms in total. The molecule has 6 heteroatoms. The van der Waals surface area contributed by atoms with Gasteiger partial charge in [-0.3, -0.25) is 4.98 Å². The summed E-state index contributed by atoms with van der Waals surface area (Å²) in [5.41, 5.74) is 1.06. The fraction of sp³-hybridized carbons (Fsp3) is 0.636. The first-order chi connectivity index (χ1) is 7.90. The average Bonchev–Trinajstić information content (AvgIpc) is 2.38. The van der Waals surface area contributed by atoms with Gasteiger partial charge < -0.3 is 10.6 Å². The Kier molecular flexibility index (Phi) is 6.80. The van der Waals surface area contributed by atoms with Crippen LogP contribution in [-0.2, 0) is 6.54 Å². The monoisotopic (exact) mass is 274 g/mol. The zero-order valence-corrected chi connectivity index (χ0v) is 11.6. The maximum Gasteiger partial charge on any atom is 0.119 e. The van der Waals surface area contributed by atoms with Gasteiger partial charge in [-0.05, 0) is 25.6 Å². The van der Waals surface area contributed by atoms with Crippen LogP contribution in [0.1, 0.15) is 18.5 Å². The maximum atomic E-state index is 4.37. The molecule has 1 atom stereocenters. The Hall–Kier alpha value is -0.360. The number of hydrogen-bond acceptors (Lipinski definition) is 5. The van der Waals surface area contributed by atoms with Crippen LogP contribution in [0.4, 0.5) is 0 Å². The minimum atomic E-state index is 0. The van der Waals surface area contributed by atoms with E-state index in [0.717, 1.165) is 30.4 Å². The zero-order valence-electron chi connectivity index (χ0n) is 9.98. The predicted molar refractivity (Wildman–Crippen MR) is 73.8 cm³/mol. The van der Waals surface area contributed by atoms with E-state index in [1.54, 1.807) is 24.2 Å². The Labute approximate surface area is 113 Å². The Morgan fingerprint density at radius 3 is 3.00 bits per heavy atom. The second-order valence-electron chi connectivity index (χ2n) is 3.94. The molecule has 2 N–H and O–H groups in total. The lowest BCUT2D eigenvalue weighted by atomic mass is 10.1. The van der Waals surface area contributed by atoms with Crippen molar-refractivity contribution in [2.24, 2.45) is 0 Å². The van der Waals surface area contributed by atoms with Crippen LogP contribution in [0.3, 0.4) is 0 Å². The molecule has 1 aliphatic rings. The van der Waals surface area contributed by atoms with Crippen molar-refractivity contribution >= 4 is 24.2 Å². The van der Waals surface area contributed by atoms with Gasteiger partial charge >= 0.3 is 0 Å². The van der Waals surface area contributed by atoms with Gasteiger partial charge in [-0.1, -0.05) is 0 Å². The van der Waals surface area contributed by atoms with Gasteiger partial charge in [0, 0.05) is 31.5 Å². The molecule has 1 saturated heterocycles. The smallest absolute Gasteiger partial charge is 0.119 e. The van der Waals surface area contributed by atoms with E-state index in [0.29, 0.717) is 6.04 Å². The Balaban J connectivity index is 0.00000144. The third-order valence-corrected chi connectivity index (χ3v) is 3.51. The third kappa shape index (κ3) is 4.43. The first kappa shape index (κ1) is 14.7. The minimum absolute atomic E-state index is 0. The molecule has 0 radical (unpaired) electrons. The van der Waals surface area contributed by atoms with Crippen LogP contribution in [-0.4, -0.2) is 35.4 Å². The summed E-state index contributed by atoms with van der Waals surface area (Å²) in [6.07, 6.45) is 8.05. The van der Waals surface area contributed by atoms with Gasteiger partial charge in [0.25, 0.3) is 0 Å². The van der Waals surface area contributed by atoms with E-state index in [2.05, 4.69) is 20.6 Å². The molecule has 2 heterocycles. The van der Waals surface area contributed by atoms with Gasteiger partial charge in [0.2, 0.25) is 0 Å². The Bertz CT molecular complexity index is 331. The van der Waals surface area contributed by atoms with Crippen LogP contribution in [0.15, 0.2) is 17.4 Å². The summed E-state index contributed by atoms with van der Waals surface area (Å²) < 4.78 is 0. The first-order valence-electron chi connectivity index (χ1n) is 5.68. The van der Waals surface area contributed by atoms with Gasteiger partial charge in [-0.2, -0.15) is 0 Å². The van der Waals surface area contributed by atoms with Crippen molar-refractivity contribution in [3.05, 3.63) is 18.1 Å². The molecule has 0 spiro atoms. The van der Waals surface area contributed by atoms with E-state index >= 15 is 0 Å². The SMILES string of the molecule is CSc1nccnc1CN[C@@H]1CCCNC1.Cl. The highest BCUT2D eigenvalue weighted by Gasteiger charge is 2.13. The molecule has 96 valence electrons. The normalized spacial score (nSPS) is 19.7. The molecule has 2 rings (SSSR count). The molecule has 0 bridgehead atoms. The average molecular weight is 275 g/mol. The molecule has 0 aromatic carbocycles. The van der Waals surface area contributed by atoms with Crippen LogP contribution in [0.25, 0.3) is 0 Å². The summed E-state index contributed by atoms with van der Waals surface area (Å²) in [5, 5.41) is 7.96. The molecule has 1 aromatic heterocycles. The molecule has 17 heavy (non-hydrogen) atoms. The molecule has 1 aromatic rings. The number of rotatable bonds is 4. The van der Waals surface area contributed by atoms with E-state index in [4.69, 9.17) is 0 Å². The lowest BCUT2D eigenvalue weighted by molar-refractivity contribution is 0.386. The molecule has 0 unspecified atom stereocenters. The van der Waals surface area contributed by atoms with Gasteiger partial charge in [0.1, 0.15) is 5.03 Å². The topological polar surface area (TPSA) is 49.8 Å². The standard InChI is InChI=1S/C11H18N4S.ClH/c1-16-11-10(13-5-6-14-11)8-15-9-3-2-4-12-7-9;/h5-6,9,12,15H,2-4,7-8H2,1H3;1H/t9-;/m1./s1. The van der Waals surface area contributed by atoms with Crippen molar-refractivity contribution in [1.29, 1.82) is 0 Å². The van der Waals surface area contributed by atoms with Crippen molar-refractivity contribution in [1.82, 2.24) is 20.6 Å². The van der Waals surface area contributed by atoms with Crippen LogP contribution in [0.5, 0.6) is 0 Å². The van der Waals surface area contributed by atoms with Gasteiger partial charge in [-0.25, -0.2) is 4.98 Å². The summed E-state index contributed by atoms with van der Waals surface area (Å²) in [4.78, 5) is 8.67. The van der Waals surface area contributed by atoms with Crippen LogP contribution >= 0.6 is 24.2 Å². The van der Waals surface area contributed by atoms with Gasteiger partial charge in [0.05, 0.1) is 5.69 Å². The third-order valence-electron chi connectivity index (χ3n) is 2.78. The molecule has 1 aliphatic heterocycles. The predicted octanol–water partition coefficient (Wildman–Crippen LogP) is 1.46. The Morgan fingerprint density at radius 1 is 1.47 bits per heavy atom. The zero-order chi connectivity index (χ0) is 11.2. The minimum Gasteiger partial charge on any atom is -0.315 e. The lowest BCUT2D eigenvalue weighted by Gasteiger charge is -2.23. The van der Waals surface area contributed by atoms with Crippen LogP contribution < -0.4 is 10.6 Å². The van der Waals surface area contributed by atoms with Crippen molar-refractivity contribution in [3.63, 3.8) is 0 Å². The van der Waals surface area contributed by atoms with Crippen molar-refractivity contribution in [2.45, 2.75) is 30.5 Å². The summed E-state index contributed by atoms with van der Waals surface area (Å²) in [6, 6.07) is 0.575. The van der Waals surface area contributed by atoms with E-state index in [1.165, 1.54) is 12.8 Å². The fourth-order valence-electron chi connectivity index (χ4n) is 1.91. The summed E-state index contributed by atoms with van der Waals surface area (Å²) in [5.74, 6) is 0. The number of piperidine rings is 1. The summed E-state index contributed by atoms with van der Waals surface area (Å²) in [7, 11) is 0. The molecule has 0 aliphatic carbocycles.